The van der Waals surface area contributed by atoms with Crippen molar-refractivity contribution < 1.29 is 5.11 Å². The van der Waals surface area contributed by atoms with Crippen LogP contribution >= 0.6 is 0 Å². The van der Waals surface area contributed by atoms with E-state index in [0.29, 0.717) is 29.8 Å². The van der Waals surface area contributed by atoms with Crippen molar-refractivity contribution >= 4 is 11.8 Å². The van der Waals surface area contributed by atoms with E-state index >= 15 is 0 Å². The molecule has 1 aliphatic carbocycles. The molecule has 7 nitrogen and oxygen atoms in total. The van der Waals surface area contributed by atoms with Gasteiger partial charge in [0, 0.05) is 12.1 Å². The highest BCUT2D eigenvalue weighted by molar-refractivity contribution is 5.54. The summed E-state index contributed by atoms with van der Waals surface area (Å²) in [6.07, 6.45) is 5.78. The second kappa shape index (κ2) is 6.90. The Morgan fingerprint density at radius 1 is 1.18 bits per heavy atom. The van der Waals surface area contributed by atoms with E-state index < -0.39 is 0 Å². The van der Waals surface area contributed by atoms with Crippen LogP contribution in [0.2, 0.25) is 0 Å². The lowest BCUT2D eigenvalue weighted by Crippen LogP contribution is -2.35. The summed E-state index contributed by atoms with van der Waals surface area (Å²) < 4.78 is 0. The van der Waals surface area contributed by atoms with Gasteiger partial charge in [-0.25, -0.2) is 4.98 Å². The lowest BCUT2D eigenvalue weighted by molar-refractivity contribution is 0.182. The van der Waals surface area contributed by atoms with Crippen molar-refractivity contribution in [2.45, 2.75) is 50.3 Å². The van der Waals surface area contributed by atoms with Crippen molar-refractivity contribution in [2.24, 2.45) is 0 Å². The fourth-order valence-electron chi connectivity index (χ4n) is 3.07. The van der Waals surface area contributed by atoms with Gasteiger partial charge in [0.15, 0.2) is 0 Å². The van der Waals surface area contributed by atoms with Crippen LogP contribution in [0.25, 0.3) is 0 Å². The van der Waals surface area contributed by atoms with Crippen LogP contribution in [0.15, 0.2) is 6.20 Å². The molecule has 0 radical (unpaired) electrons. The molecule has 118 valence electrons. The number of aromatic nitrogens is 2. The number of anilines is 2. The van der Waals surface area contributed by atoms with E-state index in [2.05, 4.69) is 32.0 Å². The van der Waals surface area contributed by atoms with E-state index in [4.69, 9.17) is 0 Å². The maximum Gasteiger partial charge on any atom is 0.224 e. The maximum absolute atomic E-state index is 9.62. The average Bonchev–Trinajstić information content (AvgIpc) is 2.94. The second-order valence-corrected chi connectivity index (χ2v) is 6.04. The molecule has 4 N–H and O–H groups in total. The molecule has 1 aromatic rings. The van der Waals surface area contributed by atoms with Crippen LogP contribution in [0, 0.1) is 11.3 Å². The lowest BCUT2D eigenvalue weighted by atomic mass is 10.1. The van der Waals surface area contributed by atoms with E-state index in [9.17, 15) is 10.4 Å². The molecule has 1 saturated carbocycles. The van der Waals surface area contributed by atoms with Crippen molar-refractivity contribution in [1.29, 1.82) is 5.26 Å². The standard InChI is InChI=1S/C15H22N6O/c16-8-10-9-18-15(20-11-3-5-17-6-4-11)21-14(10)19-12-1-2-13(22)7-12/h9,11-13,17,22H,1-7H2,(H2,18,19,20,21)/t12-,13+/m0/s1. The predicted molar refractivity (Wildman–Crippen MR) is 83.5 cm³/mol. The molecule has 7 heteroatoms. The topological polar surface area (TPSA) is 106 Å². The van der Waals surface area contributed by atoms with Gasteiger partial charge < -0.3 is 21.1 Å². The van der Waals surface area contributed by atoms with Crippen molar-refractivity contribution in [2.75, 3.05) is 23.7 Å². The first-order chi connectivity index (χ1) is 10.7. The quantitative estimate of drug-likeness (QED) is 0.653. The number of nitrogens with zero attached hydrogens (tertiary/aromatic N) is 3. The van der Waals surface area contributed by atoms with Gasteiger partial charge in [-0.05, 0) is 45.2 Å². The van der Waals surface area contributed by atoms with Gasteiger partial charge in [-0.1, -0.05) is 0 Å². The molecule has 0 unspecified atom stereocenters. The number of aliphatic hydroxyl groups excluding tert-OH is 1. The molecular weight excluding hydrogens is 280 g/mol. The first kappa shape index (κ1) is 15.0. The minimum Gasteiger partial charge on any atom is -0.393 e. The summed E-state index contributed by atoms with van der Waals surface area (Å²) in [5, 5.41) is 28.8. The number of hydrogen-bond donors (Lipinski definition) is 4. The van der Waals surface area contributed by atoms with Crippen LogP contribution < -0.4 is 16.0 Å². The minimum atomic E-state index is -0.253. The summed E-state index contributed by atoms with van der Waals surface area (Å²) in [6, 6.07) is 2.66. The molecule has 2 fully saturated rings. The minimum absolute atomic E-state index is 0.170. The normalized spacial score (nSPS) is 25.6. The van der Waals surface area contributed by atoms with E-state index in [1.54, 1.807) is 6.20 Å². The Morgan fingerprint density at radius 3 is 2.68 bits per heavy atom. The fraction of sp³-hybridized carbons (Fsp3) is 0.667. The van der Waals surface area contributed by atoms with Crippen LogP contribution in [-0.4, -0.2) is 46.4 Å². The Balaban J connectivity index is 1.70. The predicted octanol–water partition coefficient (Wildman–Crippen LogP) is 0.837. The van der Waals surface area contributed by atoms with Gasteiger partial charge in [0.05, 0.1) is 12.3 Å². The number of nitriles is 1. The third-order valence-corrected chi connectivity index (χ3v) is 4.33. The summed E-state index contributed by atoms with van der Waals surface area (Å²) in [5.41, 5.74) is 0.442. The van der Waals surface area contributed by atoms with Crippen LogP contribution in [-0.2, 0) is 0 Å². The van der Waals surface area contributed by atoms with Gasteiger partial charge in [0.1, 0.15) is 17.5 Å². The van der Waals surface area contributed by atoms with Crippen LogP contribution in [0.3, 0.4) is 0 Å². The Bertz CT molecular complexity index is 551. The molecule has 22 heavy (non-hydrogen) atoms. The summed E-state index contributed by atoms with van der Waals surface area (Å²) >= 11 is 0. The number of aliphatic hydroxyl groups is 1. The second-order valence-electron chi connectivity index (χ2n) is 6.04. The Kier molecular flexibility index (Phi) is 4.71. The third-order valence-electron chi connectivity index (χ3n) is 4.33. The monoisotopic (exact) mass is 302 g/mol. The molecule has 0 spiro atoms. The Hall–Kier alpha value is -1.91. The zero-order valence-electron chi connectivity index (χ0n) is 12.5. The molecule has 3 rings (SSSR count). The number of piperidine rings is 1. The van der Waals surface area contributed by atoms with Crippen molar-refractivity contribution in [3.63, 3.8) is 0 Å². The number of hydrogen-bond acceptors (Lipinski definition) is 7. The summed E-state index contributed by atoms with van der Waals surface area (Å²) in [5.74, 6) is 1.12. The molecule has 1 aromatic heterocycles. The third kappa shape index (κ3) is 3.64. The van der Waals surface area contributed by atoms with E-state index in [1.807, 2.05) is 0 Å². The molecule has 1 aliphatic heterocycles. The molecule has 0 bridgehead atoms. The van der Waals surface area contributed by atoms with Gasteiger partial charge in [-0.15, -0.1) is 0 Å². The van der Waals surface area contributed by atoms with Crippen LogP contribution in [0.4, 0.5) is 11.8 Å². The van der Waals surface area contributed by atoms with E-state index in [-0.39, 0.29) is 12.1 Å². The van der Waals surface area contributed by atoms with Gasteiger partial charge in [-0.3, -0.25) is 0 Å². The largest absolute Gasteiger partial charge is 0.393 e. The maximum atomic E-state index is 9.62. The SMILES string of the molecule is N#Cc1cnc(NC2CCNCC2)nc1N[C@H]1CC[C@@H](O)C1. The zero-order valence-corrected chi connectivity index (χ0v) is 12.5. The van der Waals surface area contributed by atoms with Crippen molar-refractivity contribution in [1.82, 2.24) is 15.3 Å². The number of nitrogens with one attached hydrogen (secondary N) is 3. The Labute approximate surface area is 130 Å². The van der Waals surface area contributed by atoms with Gasteiger partial charge in [0.2, 0.25) is 5.95 Å². The molecule has 2 heterocycles. The summed E-state index contributed by atoms with van der Waals surface area (Å²) in [7, 11) is 0. The van der Waals surface area contributed by atoms with Gasteiger partial charge in [0.25, 0.3) is 0 Å². The van der Waals surface area contributed by atoms with E-state index in [1.165, 1.54) is 0 Å². The highest BCUT2D eigenvalue weighted by Crippen LogP contribution is 2.24. The lowest BCUT2D eigenvalue weighted by Gasteiger charge is -2.24. The molecular formula is C15H22N6O. The fourth-order valence-corrected chi connectivity index (χ4v) is 3.07. The van der Waals surface area contributed by atoms with E-state index in [0.717, 1.165) is 38.8 Å². The first-order valence-corrected chi connectivity index (χ1v) is 7.93. The summed E-state index contributed by atoms with van der Waals surface area (Å²) in [4.78, 5) is 8.71. The van der Waals surface area contributed by atoms with Crippen LogP contribution in [0.5, 0.6) is 0 Å². The summed E-state index contributed by atoms with van der Waals surface area (Å²) in [6.45, 7) is 2.00. The Morgan fingerprint density at radius 2 is 2.00 bits per heavy atom. The molecule has 1 saturated heterocycles. The average molecular weight is 302 g/mol. The number of rotatable bonds is 4. The molecule has 0 amide bonds. The smallest absolute Gasteiger partial charge is 0.224 e. The van der Waals surface area contributed by atoms with Crippen molar-refractivity contribution in [3.8, 4) is 6.07 Å². The van der Waals surface area contributed by atoms with Gasteiger partial charge >= 0.3 is 0 Å². The molecule has 2 aliphatic rings. The molecule has 0 aromatic carbocycles. The van der Waals surface area contributed by atoms with Crippen LogP contribution in [0.1, 0.15) is 37.7 Å². The zero-order chi connectivity index (χ0) is 15.4. The highest BCUT2D eigenvalue weighted by Gasteiger charge is 2.24. The van der Waals surface area contributed by atoms with Crippen molar-refractivity contribution in [3.05, 3.63) is 11.8 Å². The highest BCUT2D eigenvalue weighted by atomic mass is 16.3. The first-order valence-electron chi connectivity index (χ1n) is 7.93. The van der Waals surface area contributed by atoms with Gasteiger partial charge in [-0.2, -0.15) is 10.2 Å². The molecule has 2 atom stereocenters.